The van der Waals surface area contributed by atoms with Crippen molar-refractivity contribution in [3.05, 3.63) is 35.9 Å². The number of amides is 1. The summed E-state index contributed by atoms with van der Waals surface area (Å²) in [5.41, 5.74) is 6.19. The molecule has 0 aromatic heterocycles. The van der Waals surface area contributed by atoms with Gasteiger partial charge in [0.2, 0.25) is 0 Å². The Labute approximate surface area is 102 Å². The lowest BCUT2D eigenvalue weighted by Crippen LogP contribution is -2.25. The number of carbonyl (C=O) groups is 1. The second kappa shape index (κ2) is 7.68. The maximum absolute atomic E-state index is 10.3. The summed E-state index contributed by atoms with van der Waals surface area (Å²) in [5, 5.41) is 3.21. The summed E-state index contributed by atoms with van der Waals surface area (Å²) in [5.74, 6) is 0.528. The Morgan fingerprint density at radius 3 is 2.71 bits per heavy atom. The van der Waals surface area contributed by atoms with Crippen molar-refractivity contribution in [3.63, 3.8) is 0 Å². The van der Waals surface area contributed by atoms with Gasteiger partial charge in [0.05, 0.1) is 0 Å². The van der Waals surface area contributed by atoms with E-state index in [1.54, 1.807) is 0 Å². The predicted molar refractivity (Wildman–Crippen MR) is 67.9 cm³/mol. The summed E-state index contributed by atoms with van der Waals surface area (Å²) < 4.78 is 4.61. The van der Waals surface area contributed by atoms with Crippen LogP contribution in [0.5, 0.6) is 0 Å². The van der Waals surface area contributed by atoms with E-state index in [0.717, 1.165) is 13.0 Å². The lowest BCUT2D eigenvalue weighted by molar-refractivity contribution is 0.157. The molecule has 0 fully saturated rings. The van der Waals surface area contributed by atoms with E-state index in [0.29, 0.717) is 19.1 Å². The first-order chi connectivity index (χ1) is 8.20. The number of primary amides is 1. The number of rotatable bonds is 7. The molecule has 0 heterocycles. The van der Waals surface area contributed by atoms with E-state index < -0.39 is 6.09 Å². The summed E-state index contributed by atoms with van der Waals surface area (Å²) in [6, 6.07) is 10.4. The van der Waals surface area contributed by atoms with Gasteiger partial charge in [-0.15, -0.1) is 0 Å². The number of nitrogens with two attached hydrogens (primary N) is 1. The summed E-state index contributed by atoms with van der Waals surface area (Å²) in [6.45, 7) is 4.08. The maximum atomic E-state index is 10.3. The average molecular weight is 236 g/mol. The third-order valence-electron chi connectivity index (χ3n) is 2.65. The molecule has 3 N–H and O–H groups in total. The average Bonchev–Trinajstić information content (AvgIpc) is 2.34. The highest BCUT2D eigenvalue weighted by atomic mass is 16.5. The molecule has 0 radical (unpaired) electrons. The van der Waals surface area contributed by atoms with E-state index >= 15 is 0 Å². The Morgan fingerprint density at radius 2 is 2.06 bits per heavy atom. The highest BCUT2D eigenvalue weighted by Gasteiger charge is 2.03. The second-order valence-electron chi connectivity index (χ2n) is 4.02. The maximum Gasteiger partial charge on any atom is 0.404 e. The van der Waals surface area contributed by atoms with E-state index in [1.807, 2.05) is 6.07 Å². The molecule has 1 unspecified atom stereocenters. The first-order valence-electron chi connectivity index (χ1n) is 5.88. The molecule has 1 atom stereocenters. The van der Waals surface area contributed by atoms with Gasteiger partial charge in [0.15, 0.2) is 0 Å². The molecule has 0 saturated heterocycles. The van der Waals surface area contributed by atoms with Crippen LogP contribution in [-0.2, 0) is 4.74 Å². The zero-order chi connectivity index (χ0) is 12.5. The van der Waals surface area contributed by atoms with E-state index in [9.17, 15) is 4.79 Å². The number of carbonyl (C=O) groups excluding carboxylic acids is 1. The van der Waals surface area contributed by atoms with Crippen molar-refractivity contribution in [1.82, 2.24) is 5.32 Å². The fourth-order valence-electron chi connectivity index (χ4n) is 1.62. The Morgan fingerprint density at radius 1 is 1.35 bits per heavy atom. The standard InChI is InChI=1S/C13H20N2O2/c1-11(12-5-3-2-4-6-12)7-8-15-9-10-17-13(14)16/h2-6,11,15H,7-10H2,1H3,(H2,14,16). The van der Waals surface area contributed by atoms with Gasteiger partial charge in [-0.2, -0.15) is 0 Å². The van der Waals surface area contributed by atoms with Crippen LogP contribution in [0.25, 0.3) is 0 Å². The topological polar surface area (TPSA) is 64.3 Å². The summed E-state index contributed by atoms with van der Waals surface area (Å²) in [7, 11) is 0. The first kappa shape index (κ1) is 13.5. The van der Waals surface area contributed by atoms with Gasteiger partial charge in [-0.1, -0.05) is 37.3 Å². The van der Waals surface area contributed by atoms with Crippen LogP contribution < -0.4 is 11.1 Å². The van der Waals surface area contributed by atoms with Crippen LogP contribution >= 0.6 is 0 Å². The highest BCUT2D eigenvalue weighted by molar-refractivity contribution is 5.64. The summed E-state index contributed by atoms with van der Waals surface area (Å²) >= 11 is 0. The Kier molecular flexibility index (Phi) is 6.10. The molecule has 1 amide bonds. The molecule has 0 spiro atoms. The van der Waals surface area contributed by atoms with Crippen LogP contribution in [-0.4, -0.2) is 25.8 Å². The minimum absolute atomic E-state index is 0.328. The van der Waals surface area contributed by atoms with E-state index in [1.165, 1.54) is 5.56 Å². The molecule has 0 aliphatic rings. The Balaban J connectivity index is 2.09. The molecular formula is C13H20N2O2. The van der Waals surface area contributed by atoms with Crippen molar-refractivity contribution in [2.24, 2.45) is 5.73 Å². The van der Waals surface area contributed by atoms with E-state index in [4.69, 9.17) is 5.73 Å². The van der Waals surface area contributed by atoms with E-state index in [-0.39, 0.29) is 0 Å². The first-order valence-corrected chi connectivity index (χ1v) is 5.88. The molecular weight excluding hydrogens is 216 g/mol. The van der Waals surface area contributed by atoms with Crippen LogP contribution in [0, 0.1) is 0 Å². The normalized spacial score (nSPS) is 12.1. The van der Waals surface area contributed by atoms with Gasteiger partial charge < -0.3 is 15.8 Å². The second-order valence-corrected chi connectivity index (χ2v) is 4.02. The smallest absolute Gasteiger partial charge is 0.404 e. The number of hydrogen-bond acceptors (Lipinski definition) is 3. The Bertz CT molecular complexity index is 327. The van der Waals surface area contributed by atoms with Crippen molar-refractivity contribution in [3.8, 4) is 0 Å². The monoisotopic (exact) mass is 236 g/mol. The third-order valence-corrected chi connectivity index (χ3v) is 2.65. The number of benzene rings is 1. The molecule has 4 heteroatoms. The lowest BCUT2D eigenvalue weighted by Gasteiger charge is -2.12. The van der Waals surface area contributed by atoms with Crippen molar-refractivity contribution < 1.29 is 9.53 Å². The minimum Gasteiger partial charge on any atom is -0.448 e. The fourth-order valence-corrected chi connectivity index (χ4v) is 1.62. The van der Waals surface area contributed by atoms with Gasteiger partial charge in [-0.3, -0.25) is 0 Å². The molecule has 1 rings (SSSR count). The van der Waals surface area contributed by atoms with Crippen LogP contribution in [0.2, 0.25) is 0 Å². The van der Waals surface area contributed by atoms with Gasteiger partial charge in [0.1, 0.15) is 6.61 Å². The predicted octanol–water partition coefficient (Wildman–Crippen LogP) is 1.87. The fraction of sp³-hybridized carbons (Fsp3) is 0.462. The molecule has 0 aliphatic carbocycles. The zero-order valence-corrected chi connectivity index (χ0v) is 10.2. The molecule has 94 valence electrons. The van der Waals surface area contributed by atoms with Crippen molar-refractivity contribution in [2.45, 2.75) is 19.3 Å². The molecule has 0 bridgehead atoms. The SMILES string of the molecule is CC(CCNCCOC(N)=O)c1ccccc1. The van der Waals surface area contributed by atoms with Crippen molar-refractivity contribution >= 4 is 6.09 Å². The zero-order valence-electron chi connectivity index (χ0n) is 10.2. The van der Waals surface area contributed by atoms with Gasteiger partial charge in [0, 0.05) is 6.54 Å². The van der Waals surface area contributed by atoms with Gasteiger partial charge in [-0.05, 0) is 24.4 Å². The molecule has 1 aromatic rings. The lowest BCUT2D eigenvalue weighted by atomic mass is 9.98. The minimum atomic E-state index is -0.718. The molecule has 17 heavy (non-hydrogen) atoms. The summed E-state index contributed by atoms with van der Waals surface area (Å²) in [6.07, 6.45) is 0.338. The number of hydrogen-bond donors (Lipinski definition) is 2. The van der Waals surface area contributed by atoms with Gasteiger partial charge in [0.25, 0.3) is 0 Å². The number of ether oxygens (including phenoxy) is 1. The molecule has 0 aliphatic heterocycles. The van der Waals surface area contributed by atoms with Gasteiger partial charge in [-0.25, -0.2) is 4.79 Å². The van der Waals surface area contributed by atoms with Crippen molar-refractivity contribution in [2.75, 3.05) is 19.7 Å². The van der Waals surface area contributed by atoms with Crippen LogP contribution in [0.4, 0.5) is 4.79 Å². The molecule has 1 aromatic carbocycles. The summed E-state index contributed by atoms with van der Waals surface area (Å²) in [4.78, 5) is 10.3. The van der Waals surface area contributed by atoms with E-state index in [2.05, 4.69) is 41.2 Å². The van der Waals surface area contributed by atoms with Crippen LogP contribution in [0.1, 0.15) is 24.8 Å². The quantitative estimate of drug-likeness (QED) is 0.710. The van der Waals surface area contributed by atoms with Gasteiger partial charge >= 0.3 is 6.09 Å². The largest absolute Gasteiger partial charge is 0.448 e. The molecule has 4 nitrogen and oxygen atoms in total. The third kappa shape index (κ3) is 5.92. The Hall–Kier alpha value is -1.55. The van der Waals surface area contributed by atoms with Crippen LogP contribution in [0.3, 0.4) is 0 Å². The van der Waals surface area contributed by atoms with Crippen LogP contribution in [0.15, 0.2) is 30.3 Å². The highest BCUT2D eigenvalue weighted by Crippen LogP contribution is 2.17. The van der Waals surface area contributed by atoms with Crippen molar-refractivity contribution in [1.29, 1.82) is 0 Å². The molecule has 0 saturated carbocycles. The number of nitrogens with one attached hydrogen (secondary N) is 1.